The van der Waals surface area contributed by atoms with Gasteiger partial charge in [-0.2, -0.15) is 0 Å². The third-order valence-corrected chi connectivity index (χ3v) is 2.32. The Labute approximate surface area is 111 Å². The standard InChI is InChI=1S/C11H20N2O6/c1-3-4-7(6-19-2)12-11(18)13-8(10(16)17)5-9(14)15/h7-8H,3-6H2,1-2H3,(H,14,15)(H,16,17)(H2,12,13,18)/t7?,8-/m0/s1. The van der Waals surface area contributed by atoms with Gasteiger partial charge in [0.15, 0.2) is 0 Å². The van der Waals surface area contributed by atoms with Crippen molar-refractivity contribution in [3.63, 3.8) is 0 Å². The van der Waals surface area contributed by atoms with Crippen LogP contribution in [-0.4, -0.2) is 54.0 Å². The van der Waals surface area contributed by atoms with Gasteiger partial charge in [-0.15, -0.1) is 0 Å². The highest BCUT2D eigenvalue weighted by molar-refractivity contribution is 5.86. The molecule has 0 aromatic heterocycles. The topological polar surface area (TPSA) is 125 Å². The van der Waals surface area contributed by atoms with Crippen LogP contribution in [0.25, 0.3) is 0 Å². The molecule has 0 aliphatic rings. The maximum absolute atomic E-state index is 11.6. The molecule has 2 atom stereocenters. The number of carbonyl (C=O) groups excluding carboxylic acids is 1. The van der Waals surface area contributed by atoms with E-state index in [-0.39, 0.29) is 6.04 Å². The maximum Gasteiger partial charge on any atom is 0.326 e. The van der Waals surface area contributed by atoms with Crippen molar-refractivity contribution in [2.45, 2.75) is 38.3 Å². The van der Waals surface area contributed by atoms with Gasteiger partial charge in [-0.1, -0.05) is 13.3 Å². The summed E-state index contributed by atoms with van der Waals surface area (Å²) in [5, 5.41) is 22.0. The molecule has 0 radical (unpaired) electrons. The van der Waals surface area contributed by atoms with Crippen LogP contribution in [-0.2, 0) is 14.3 Å². The molecule has 8 heteroatoms. The van der Waals surface area contributed by atoms with E-state index in [1.54, 1.807) is 0 Å². The van der Waals surface area contributed by atoms with E-state index >= 15 is 0 Å². The molecular weight excluding hydrogens is 256 g/mol. The van der Waals surface area contributed by atoms with Gasteiger partial charge in [-0.25, -0.2) is 9.59 Å². The van der Waals surface area contributed by atoms with E-state index in [1.165, 1.54) is 7.11 Å². The number of methoxy groups -OCH3 is 1. The number of amides is 2. The van der Waals surface area contributed by atoms with E-state index in [2.05, 4.69) is 10.6 Å². The average Bonchev–Trinajstić information content (AvgIpc) is 2.27. The monoisotopic (exact) mass is 276 g/mol. The van der Waals surface area contributed by atoms with Crippen LogP contribution in [0.5, 0.6) is 0 Å². The summed E-state index contributed by atoms with van der Waals surface area (Å²) in [7, 11) is 1.49. The lowest BCUT2D eigenvalue weighted by Gasteiger charge is -2.19. The van der Waals surface area contributed by atoms with E-state index < -0.39 is 30.4 Å². The van der Waals surface area contributed by atoms with Gasteiger partial charge in [0.2, 0.25) is 0 Å². The lowest BCUT2D eigenvalue weighted by molar-refractivity contribution is -0.145. The number of hydrogen-bond acceptors (Lipinski definition) is 4. The molecule has 0 aliphatic carbocycles. The van der Waals surface area contributed by atoms with E-state index in [0.29, 0.717) is 13.0 Å². The maximum atomic E-state index is 11.6. The second kappa shape index (κ2) is 9.15. The van der Waals surface area contributed by atoms with Crippen molar-refractivity contribution in [3.8, 4) is 0 Å². The van der Waals surface area contributed by atoms with Crippen molar-refractivity contribution < 1.29 is 29.3 Å². The van der Waals surface area contributed by atoms with Gasteiger partial charge in [0.05, 0.1) is 19.1 Å². The molecule has 0 bridgehead atoms. The normalized spacial score (nSPS) is 13.4. The molecule has 8 nitrogen and oxygen atoms in total. The Hall–Kier alpha value is -1.83. The minimum atomic E-state index is -1.46. The van der Waals surface area contributed by atoms with Crippen LogP contribution in [0.15, 0.2) is 0 Å². The Bertz CT molecular complexity index is 314. The summed E-state index contributed by atoms with van der Waals surface area (Å²) in [5.41, 5.74) is 0. The Morgan fingerprint density at radius 3 is 2.26 bits per heavy atom. The summed E-state index contributed by atoms with van der Waals surface area (Å²) >= 11 is 0. The van der Waals surface area contributed by atoms with E-state index in [1.807, 2.05) is 6.92 Å². The molecule has 19 heavy (non-hydrogen) atoms. The molecule has 0 heterocycles. The van der Waals surface area contributed by atoms with Gasteiger partial charge in [-0.05, 0) is 6.42 Å². The van der Waals surface area contributed by atoms with Crippen molar-refractivity contribution in [1.29, 1.82) is 0 Å². The summed E-state index contributed by atoms with van der Waals surface area (Å²) < 4.78 is 4.92. The van der Waals surface area contributed by atoms with Crippen molar-refractivity contribution in [2.24, 2.45) is 0 Å². The first-order chi connectivity index (χ1) is 8.90. The predicted octanol–water partition coefficient (Wildman–Crippen LogP) is 0.0286. The number of aliphatic carboxylic acids is 2. The predicted molar refractivity (Wildman–Crippen MR) is 65.9 cm³/mol. The second-order valence-corrected chi connectivity index (χ2v) is 4.05. The third kappa shape index (κ3) is 7.98. The van der Waals surface area contributed by atoms with Gasteiger partial charge < -0.3 is 25.6 Å². The number of ether oxygens (including phenoxy) is 1. The SMILES string of the molecule is CCCC(COC)NC(=O)N[C@@H](CC(=O)O)C(=O)O. The van der Waals surface area contributed by atoms with Crippen molar-refractivity contribution in [1.82, 2.24) is 10.6 Å². The Kier molecular flexibility index (Phi) is 8.27. The summed E-state index contributed by atoms with van der Waals surface area (Å²) in [6.07, 6.45) is 0.829. The first kappa shape index (κ1) is 17.2. The first-order valence-corrected chi connectivity index (χ1v) is 5.91. The summed E-state index contributed by atoms with van der Waals surface area (Å²) in [6.45, 7) is 2.24. The van der Waals surface area contributed by atoms with Crippen LogP contribution < -0.4 is 10.6 Å². The molecule has 2 amide bonds. The van der Waals surface area contributed by atoms with Gasteiger partial charge in [0, 0.05) is 7.11 Å². The highest BCUT2D eigenvalue weighted by Crippen LogP contribution is 1.98. The van der Waals surface area contributed by atoms with Crippen LogP contribution in [0.1, 0.15) is 26.2 Å². The molecule has 1 unspecified atom stereocenters. The smallest absolute Gasteiger partial charge is 0.326 e. The number of carbonyl (C=O) groups is 3. The molecule has 0 aliphatic heterocycles. The molecular formula is C11H20N2O6. The molecule has 0 aromatic rings. The molecule has 0 spiro atoms. The van der Waals surface area contributed by atoms with Crippen molar-refractivity contribution >= 4 is 18.0 Å². The quantitative estimate of drug-likeness (QED) is 0.471. The van der Waals surface area contributed by atoms with E-state index in [0.717, 1.165) is 6.42 Å². The number of hydrogen-bond donors (Lipinski definition) is 4. The third-order valence-electron chi connectivity index (χ3n) is 2.32. The largest absolute Gasteiger partial charge is 0.481 e. The van der Waals surface area contributed by atoms with Crippen molar-refractivity contribution in [3.05, 3.63) is 0 Å². The fourth-order valence-corrected chi connectivity index (χ4v) is 1.51. The lowest BCUT2D eigenvalue weighted by Crippen LogP contribution is -2.50. The number of rotatable bonds is 9. The Balaban J connectivity index is 4.37. The van der Waals surface area contributed by atoms with Gasteiger partial charge in [-0.3, -0.25) is 4.79 Å². The van der Waals surface area contributed by atoms with Crippen molar-refractivity contribution in [2.75, 3.05) is 13.7 Å². The zero-order valence-corrected chi connectivity index (χ0v) is 11.0. The molecule has 0 saturated heterocycles. The zero-order valence-electron chi connectivity index (χ0n) is 11.0. The molecule has 0 saturated carbocycles. The number of nitrogens with one attached hydrogen (secondary N) is 2. The fraction of sp³-hybridized carbons (Fsp3) is 0.727. The molecule has 4 N–H and O–H groups in total. The number of carboxylic acids is 2. The van der Waals surface area contributed by atoms with Crippen LogP contribution >= 0.6 is 0 Å². The summed E-state index contributed by atoms with van der Waals surface area (Å²) in [5.74, 6) is -2.69. The Morgan fingerprint density at radius 1 is 1.21 bits per heavy atom. The van der Waals surface area contributed by atoms with E-state index in [9.17, 15) is 14.4 Å². The molecule has 0 rings (SSSR count). The first-order valence-electron chi connectivity index (χ1n) is 5.91. The molecule has 0 aromatic carbocycles. The fourth-order valence-electron chi connectivity index (χ4n) is 1.51. The number of urea groups is 1. The van der Waals surface area contributed by atoms with Crippen LogP contribution in [0.2, 0.25) is 0 Å². The summed E-state index contributed by atoms with van der Waals surface area (Å²) in [6, 6.07) is -2.42. The molecule has 110 valence electrons. The van der Waals surface area contributed by atoms with E-state index in [4.69, 9.17) is 14.9 Å². The number of carboxylic acid groups (broad SMARTS) is 2. The van der Waals surface area contributed by atoms with Gasteiger partial charge in [0.1, 0.15) is 6.04 Å². The highest BCUT2D eigenvalue weighted by Gasteiger charge is 2.23. The minimum Gasteiger partial charge on any atom is -0.481 e. The minimum absolute atomic E-state index is 0.241. The molecule has 0 fully saturated rings. The second-order valence-electron chi connectivity index (χ2n) is 4.05. The lowest BCUT2D eigenvalue weighted by atomic mass is 10.2. The van der Waals surface area contributed by atoms with Crippen LogP contribution in [0.3, 0.4) is 0 Å². The Morgan fingerprint density at radius 2 is 1.84 bits per heavy atom. The van der Waals surface area contributed by atoms with Crippen LogP contribution in [0.4, 0.5) is 4.79 Å². The highest BCUT2D eigenvalue weighted by atomic mass is 16.5. The van der Waals surface area contributed by atoms with Gasteiger partial charge in [0.25, 0.3) is 0 Å². The van der Waals surface area contributed by atoms with Gasteiger partial charge >= 0.3 is 18.0 Å². The zero-order chi connectivity index (χ0) is 14.8. The summed E-state index contributed by atoms with van der Waals surface area (Å²) in [4.78, 5) is 32.8. The average molecular weight is 276 g/mol. The van der Waals surface area contributed by atoms with Crippen LogP contribution in [0, 0.1) is 0 Å².